The average molecular weight is 276 g/mol. The summed E-state index contributed by atoms with van der Waals surface area (Å²) in [6, 6.07) is 15.1. The predicted molar refractivity (Wildman–Crippen MR) is 73.1 cm³/mol. The van der Waals surface area contributed by atoms with Crippen LogP contribution in [0.2, 0.25) is 0 Å². The molecule has 0 aromatic heterocycles. The zero-order valence-corrected chi connectivity index (χ0v) is 11.2. The highest BCUT2D eigenvalue weighted by molar-refractivity contribution is 7.53. The Balaban J connectivity index is 2.07. The van der Waals surface area contributed by atoms with E-state index in [2.05, 4.69) is 0 Å². The Hall–Kier alpha value is -2.06. The van der Waals surface area contributed by atoms with Crippen molar-refractivity contribution in [1.82, 2.24) is 0 Å². The summed E-state index contributed by atoms with van der Waals surface area (Å²) in [4.78, 5) is 10.5. The summed E-state index contributed by atoms with van der Waals surface area (Å²) in [6.45, 7) is 1.40. The first-order valence-corrected chi connectivity index (χ1v) is 7.65. The summed E-state index contributed by atoms with van der Waals surface area (Å²) in [6.07, 6.45) is 0.732. The van der Waals surface area contributed by atoms with Crippen LogP contribution in [0.25, 0.3) is 0 Å². The van der Waals surface area contributed by atoms with Crippen LogP contribution >= 0.6 is 7.60 Å². The second-order valence-corrected chi connectivity index (χ2v) is 5.86. The molecule has 0 saturated carbocycles. The van der Waals surface area contributed by atoms with Gasteiger partial charge in [0.1, 0.15) is 17.8 Å². The van der Waals surface area contributed by atoms with Crippen molar-refractivity contribution in [2.75, 3.05) is 6.66 Å². The molecule has 2 aromatic carbocycles. The van der Waals surface area contributed by atoms with Crippen molar-refractivity contribution in [1.29, 1.82) is 0 Å². The minimum atomic E-state index is -3.25. The van der Waals surface area contributed by atoms with Gasteiger partial charge < -0.3 is 9.05 Å². The van der Waals surface area contributed by atoms with Crippen LogP contribution in [0, 0.1) is 0 Å². The standard InChI is InChI=1S/C14H13O4P/c1-19(16,17-13-5-3-2-4-6-13)18-14-9-7-12(11-15)8-10-14/h2-11H,1H3. The Kier molecular flexibility index (Phi) is 4.03. The van der Waals surface area contributed by atoms with E-state index >= 15 is 0 Å². The smallest absolute Gasteiger partial charge is 0.416 e. The second kappa shape index (κ2) is 5.72. The van der Waals surface area contributed by atoms with Crippen molar-refractivity contribution >= 4 is 13.9 Å². The molecule has 0 spiro atoms. The molecule has 0 aliphatic rings. The minimum absolute atomic E-state index is 0.396. The first kappa shape index (κ1) is 13.4. The van der Waals surface area contributed by atoms with Crippen molar-refractivity contribution in [3.05, 3.63) is 60.2 Å². The molecule has 1 unspecified atom stereocenters. The summed E-state index contributed by atoms with van der Waals surface area (Å²) in [5.74, 6) is 0.880. The van der Waals surface area contributed by atoms with E-state index in [1.165, 1.54) is 6.66 Å². The van der Waals surface area contributed by atoms with Crippen molar-refractivity contribution < 1.29 is 18.4 Å². The molecule has 2 aromatic rings. The van der Waals surface area contributed by atoms with Gasteiger partial charge >= 0.3 is 7.60 Å². The summed E-state index contributed by atoms with van der Waals surface area (Å²) in [5.41, 5.74) is 0.530. The zero-order valence-electron chi connectivity index (χ0n) is 10.4. The molecular formula is C14H13O4P. The Labute approximate surface area is 111 Å². The largest absolute Gasteiger partial charge is 0.427 e. The van der Waals surface area contributed by atoms with Crippen molar-refractivity contribution in [3.63, 3.8) is 0 Å². The summed E-state index contributed by atoms with van der Waals surface area (Å²) >= 11 is 0. The predicted octanol–water partition coefficient (Wildman–Crippen LogP) is 3.78. The van der Waals surface area contributed by atoms with Crippen LogP contribution in [0.5, 0.6) is 11.5 Å². The molecular weight excluding hydrogens is 263 g/mol. The molecule has 0 aliphatic carbocycles. The molecule has 98 valence electrons. The first-order valence-electron chi connectivity index (χ1n) is 5.66. The molecule has 0 amide bonds. The van der Waals surface area contributed by atoms with Crippen molar-refractivity contribution in [2.45, 2.75) is 0 Å². The van der Waals surface area contributed by atoms with E-state index in [-0.39, 0.29) is 0 Å². The number of hydrogen-bond donors (Lipinski definition) is 0. The van der Waals surface area contributed by atoms with Crippen LogP contribution in [0.15, 0.2) is 54.6 Å². The van der Waals surface area contributed by atoms with Crippen molar-refractivity contribution in [3.8, 4) is 11.5 Å². The molecule has 2 rings (SSSR count). The third kappa shape index (κ3) is 3.97. The summed E-state index contributed by atoms with van der Waals surface area (Å²) < 4.78 is 22.8. The Morgan fingerprint density at radius 2 is 1.42 bits per heavy atom. The lowest BCUT2D eigenvalue weighted by Gasteiger charge is -2.16. The summed E-state index contributed by atoms with van der Waals surface area (Å²) in [7, 11) is -3.25. The highest BCUT2D eigenvalue weighted by atomic mass is 31.2. The number of carbonyl (C=O) groups is 1. The molecule has 4 nitrogen and oxygen atoms in total. The number of carbonyl (C=O) groups excluding carboxylic acids is 1. The lowest BCUT2D eigenvalue weighted by molar-refractivity contribution is 0.112. The van der Waals surface area contributed by atoms with Gasteiger partial charge in [0.25, 0.3) is 0 Å². The van der Waals surface area contributed by atoms with Crippen molar-refractivity contribution in [2.24, 2.45) is 0 Å². The Morgan fingerprint density at radius 3 is 1.95 bits per heavy atom. The minimum Gasteiger partial charge on any atom is -0.416 e. The molecule has 0 saturated heterocycles. The van der Waals surface area contributed by atoms with Gasteiger partial charge in [0.15, 0.2) is 0 Å². The highest BCUT2D eigenvalue weighted by Gasteiger charge is 2.20. The van der Waals surface area contributed by atoms with E-state index in [1.807, 2.05) is 6.07 Å². The molecule has 0 N–H and O–H groups in total. The second-order valence-electron chi connectivity index (χ2n) is 3.95. The van der Waals surface area contributed by atoms with Gasteiger partial charge in [-0.15, -0.1) is 0 Å². The fourth-order valence-electron chi connectivity index (χ4n) is 1.49. The number of rotatable bonds is 5. The van der Waals surface area contributed by atoms with E-state index in [0.717, 1.165) is 6.29 Å². The monoisotopic (exact) mass is 276 g/mol. The maximum Gasteiger partial charge on any atom is 0.427 e. The fourth-order valence-corrected chi connectivity index (χ4v) is 2.54. The number of benzene rings is 2. The number of aldehydes is 1. The third-order valence-electron chi connectivity index (χ3n) is 2.30. The van der Waals surface area contributed by atoms with E-state index in [1.54, 1.807) is 48.5 Å². The van der Waals surface area contributed by atoms with Gasteiger partial charge in [0.2, 0.25) is 0 Å². The van der Waals surface area contributed by atoms with Crippen LogP contribution in [-0.2, 0) is 4.57 Å². The number of para-hydroxylation sites is 1. The zero-order chi connectivity index (χ0) is 13.7. The van der Waals surface area contributed by atoms with Gasteiger partial charge in [-0.2, -0.15) is 0 Å². The average Bonchev–Trinajstić information content (AvgIpc) is 2.39. The number of hydrogen-bond acceptors (Lipinski definition) is 4. The molecule has 0 aliphatic heterocycles. The van der Waals surface area contributed by atoms with Crippen LogP contribution in [0.4, 0.5) is 0 Å². The van der Waals surface area contributed by atoms with Crippen LogP contribution in [-0.4, -0.2) is 13.0 Å². The van der Waals surface area contributed by atoms with E-state index in [9.17, 15) is 9.36 Å². The van der Waals surface area contributed by atoms with Gasteiger partial charge in [-0.25, -0.2) is 4.57 Å². The van der Waals surface area contributed by atoms with Gasteiger partial charge in [-0.05, 0) is 36.4 Å². The first-order chi connectivity index (χ1) is 9.09. The molecule has 5 heteroatoms. The molecule has 0 fully saturated rings. The molecule has 19 heavy (non-hydrogen) atoms. The van der Waals surface area contributed by atoms with Gasteiger partial charge in [0.05, 0.1) is 6.66 Å². The topological polar surface area (TPSA) is 52.6 Å². The summed E-state index contributed by atoms with van der Waals surface area (Å²) in [5, 5.41) is 0. The normalized spacial score (nSPS) is 13.3. The van der Waals surface area contributed by atoms with Gasteiger partial charge in [-0.3, -0.25) is 4.79 Å². The maximum absolute atomic E-state index is 12.2. The lowest BCUT2D eigenvalue weighted by Crippen LogP contribution is -1.99. The van der Waals surface area contributed by atoms with E-state index in [0.29, 0.717) is 17.1 Å². The quantitative estimate of drug-likeness (QED) is 0.616. The lowest BCUT2D eigenvalue weighted by atomic mass is 10.2. The maximum atomic E-state index is 12.2. The van der Waals surface area contributed by atoms with Crippen LogP contribution in [0.1, 0.15) is 10.4 Å². The molecule has 1 atom stereocenters. The molecule has 0 radical (unpaired) electrons. The Bertz CT molecular complexity index is 593. The fraction of sp³-hybridized carbons (Fsp3) is 0.0714. The highest BCUT2D eigenvalue weighted by Crippen LogP contribution is 2.44. The van der Waals surface area contributed by atoms with Gasteiger partial charge in [-0.1, -0.05) is 18.2 Å². The van der Waals surface area contributed by atoms with Crippen LogP contribution < -0.4 is 9.05 Å². The Morgan fingerprint density at radius 1 is 0.895 bits per heavy atom. The van der Waals surface area contributed by atoms with Crippen LogP contribution in [0.3, 0.4) is 0 Å². The van der Waals surface area contributed by atoms with E-state index < -0.39 is 7.60 Å². The molecule has 0 bridgehead atoms. The SMILES string of the molecule is CP(=O)(Oc1ccccc1)Oc1ccc(C=O)cc1. The van der Waals surface area contributed by atoms with E-state index in [4.69, 9.17) is 9.05 Å². The molecule has 0 heterocycles. The third-order valence-corrected chi connectivity index (χ3v) is 3.39. The van der Waals surface area contributed by atoms with Gasteiger partial charge in [0, 0.05) is 5.56 Å².